The van der Waals surface area contributed by atoms with Crippen LogP contribution in [0.2, 0.25) is 0 Å². The van der Waals surface area contributed by atoms with Gasteiger partial charge in [0.15, 0.2) is 0 Å². The number of hydrogen-bond acceptors (Lipinski definition) is 2. The maximum Gasteiger partial charge on any atom is 0.293 e. The maximum atomic E-state index is 10.6. The predicted molar refractivity (Wildman–Crippen MR) is 119 cm³/mol. The van der Waals surface area contributed by atoms with Crippen LogP contribution in [0.4, 0.5) is 0 Å². The molecule has 1 aromatic carbocycles. The van der Waals surface area contributed by atoms with Gasteiger partial charge < -0.3 is 4.74 Å². The van der Waals surface area contributed by atoms with Crippen molar-refractivity contribution in [3.05, 3.63) is 33.9 Å². The molecule has 0 aromatic heterocycles. The predicted octanol–water partition coefficient (Wildman–Crippen LogP) is 7.18. The van der Waals surface area contributed by atoms with Gasteiger partial charge in [0.05, 0.1) is 0 Å². The van der Waals surface area contributed by atoms with Crippen LogP contribution in [0.1, 0.15) is 106 Å². The van der Waals surface area contributed by atoms with Crippen LogP contribution in [0.3, 0.4) is 0 Å². The van der Waals surface area contributed by atoms with Gasteiger partial charge in [-0.3, -0.25) is 4.79 Å². The molecule has 2 rings (SSSR count). The van der Waals surface area contributed by atoms with E-state index in [0.717, 1.165) is 32.1 Å². The first-order valence-corrected chi connectivity index (χ1v) is 11.4. The monoisotopic (exact) mass is 386 g/mol. The molecule has 0 spiro atoms. The number of unbranched alkanes of at least 4 members (excludes halogenated alkanes) is 3. The molecule has 0 saturated heterocycles. The summed E-state index contributed by atoms with van der Waals surface area (Å²) in [5.41, 5.74) is 7.88. The Bertz CT molecular complexity index is 647. The van der Waals surface area contributed by atoms with Crippen molar-refractivity contribution in [1.29, 1.82) is 0 Å². The molecule has 1 aliphatic carbocycles. The van der Waals surface area contributed by atoms with E-state index in [0.29, 0.717) is 11.9 Å². The van der Waals surface area contributed by atoms with E-state index in [4.69, 9.17) is 4.74 Å². The van der Waals surface area contributed by atoms with Crippen LogP contribution in [0.15, 0.2) is 6.07 Å². The van der Waals surface area contributed by atoms with Gasteiger partial charge in [0.2, 0.25) is 0 Å². The van der Waals surface area contributed by atoms with E-state index in [2.05, 4.69) is 47.6 Å². The molecule has 0 heterocycles. The number of benzene rings is 1. The van der Waals surface area contributed by atoms with Crippen LogP contribution in [-0.4, -0.2) is 12.1 Å². The minimum atomic E-state index is -0.0990. The van der Waals surface area contributed by atoms with Crippen molar-refractivity contribution in [2.75, 3.05) is 0 Å². The fourth-order valence-corrected chi connectivity index (χ4v) is 4.29. The van der Waals surface area contributed by atoms with Gasteiger partial charge in [-0.1, -0.05) is 39.7 Å². The van der Waals surface area contributed by atoms with Crippen LogP contribution in [0, 0.1) is 26.2 Å². The van der Waals surface area contributed by atoms with Crippen molar-refractivity contribution < 1.29 is 9.53 Å². The van der Waals surface area contributed by atoms with Gasteiger partial charge >= 0.3 is 0 Å². The molecule has 1 saturated carbocycles. The summed E-state index contributed by atoms with van der Waals surface area (Å²) in [7, 11) is 0. The zero-order valence-electron chi connectivity index (χ0n) is 19.2. The summed E-state index contributed by atoms with van der Waals surface area (Å²) in [4.78, 5) is 10.6. The first-order chi connectivity index (χ1) is 13.2. The van der Waals surface area contributed by atoms with E-state index in [1.165, 1.54) is 60.8 Å². The quantitative estimate of drug-likeness (QED) is 0.281. The number of hydrogen-bond donors (Lipinski definition) is 0. The van der Waals surface area contributed by atoms with Crippen molar-refractivity contribution in [2.45, 2.75) is 118 Å². The van der Waals surface area contributed by atoms with Gasteiger partial charge in [0.1, 0.15) is 5.60 Å². The van der Waals surface area contributed by atoms with Crippen molar-refractivity contribution in [3.63, 3.8) is 0 Å². The Morgan fingerprint density at radius 1 is 0.893 bits per heavy atom. The van der Waals surface area contributed by atoms with Crippen LogP contribution in [0.25, 0.3) is 0 Å². The second-order valence-corrected chi connectivity index (χ2v) is 10.3. The molecule has 1 fully saturated rings. The van der Waals surface area contributed by atoms with Crippen LogP contribution in [-0.2, 0) is 22.4 Å². The molecule has 0 unspecified atom stereocenters. The lowest BCUT2D eigenvalue weighted by Gasteiger charge is -2.19. The minimum absolute atomic E-state index is 0.0990. The smallest absolute Gasteiger partial charge is 0.293 e. The molecule has 2 nitrogen and oxygen atoms in total. The highest BCUT2D eigenvalue weighted by Crippen LogP contribution is 2.43. The highest BCUT2D eigenvalue weighted by Gasteiger charge is 2.44. The molecule has 1 aliphatic rings. The molecule has 158 valence electrons. The number of ether oxygens (including phenoxy) is 1. The third kappa shape index (κ3) is 6.94. The fraction of sp³-hybridized carbons (Fsp3) is 0.731. The second kappa shape index (κ2) is 9.94. The average molecular weight is 387 g/mol. The highest BCUT2D eigenvalue weighted by molar-refractivity contribution is 5.44. The van der Waals surface area contributed by atoms with Crippen LogP contribution < -0.4 is 0 Å². The molecule has 0 bridgehead atoms. The molecule has 0 N–H and O–H groups in total. The number of carbonyl (C=O) groups excluding carboxylic acids is 1. The van der Waals surface area contributed by atoms with Crippen LogP contribution in [0.5, 0.6) is 0 Å². The summed E-state index contributed by atoms with van der Waals surface area (Å²) >= 11 is 0. The minimum Gasteiger partial charge on any atom is -0.461 e. The van der Waals surface area contributed by atoms with Crippen molar-refractivity contribution >= 4 is 6.47 Å². The summed E-state index contributed by atoms with van der Waals surface area (Å²) in [6.45, 7) is 14.5. The number of rotatable bonds is 12. The van der Waals surface area contributed by atoms with E-state index in [9.17, 15) is 4.79 Å². The van der Waals surface area contributed by atoms with Gasteiger partial charge in [0, 0.05) is 0 Å². The van der Waals surface area contributed by atoms with Gasteiger partial charge in [-0.25, -0.2) is 0 Å². The van der Waals surface area contributed by atoms with Gasteiger partial charge in [0.25, 0.3) is 6.47 Å². The van der Waals surface area contributed by atoms with E-state index in [-0.39, 0.29) is 5.60 Å². The topological polar surface area (TPSA) is 26.3 Å². The van der Waals surface area contributed by atoms with Crippen molar-refractivity contribution in [1.82, 2.24) is 0 Å². The second-order valence-electron chi connectivity index (χ2n) is 10.3. The number of carbonyl (C=O) groups is 1. The molecule has 0 amide bonds. The third-order valence-electron chi connectivity index (χ3n) is 6.74. The standard InChI is InChI=1S/C26H42O2/c1-20-21(2)23(12-8-7-10-14-25(4,5)6)18-24(22(20)3)13-9-11-15-26(16-17-26)28-19-27/h18-19H,7-17H2,1-6H3. The van der Waals surface area contributed by atoms with Crippen molar-refractivity contribution in [2.24, 2.45) is 5.41 Å². The summed E-state index contributed by atoms with van der Waals surface area (Å²) < 4.78 is 5.27. The SMILES string of the molecule is Cc1c(CCCCCC(C)(C)C)cc(CCCCC2(OC=O)CC2)c(C)c1C. The lowest BCUT2D eigenvalue weighted by atomic mass is 9.87. The fourth-order valence-electron chi connectivity index (χ4n) is 4.29. The first kappa shape index (κ1) is 23.0. The zero-order chi connectivity index (χ0) is 20.8. The molecule has 0 aliphatic heterocycles. The summed E-state index contributed by atoms with van der Waals surface area (Å²) in [5, 5.41) is 0. The third-order valence-corrected chi connectivity index (χ3v) is 6.74. The molecular weight excluding hydrogens is 344 g/mol. The summed E-state index contributed by atoms with van der Waals surface area (Å²) in [5.74, 6) is 0. The molecule has 0 atom stereocenters. The van der Waals surface area contributed by atoms with E-state index >= 15 is 0 Å². The van der Waals surface area contributed by atoms with Crippen LogP contribution >= 0.6 is 0 Å². The lowest BCUT2D eigenvalue weighted by molar-refractivity contribution is -0.135. The molecule has 0 radical (unpaired) electrons. The lowest BCUT2D eigenvalue weighted by Crippen LogP contribution is -2.12. The Balaban J connectivity index is 1.85. The molecular formula is C26H42O2. The Morgan fingerprint density at radius 2 is 1.46 bits per heavy atom. The average Bonchev–Trinajstić information content (AvgIpc) is 3.38. The zero-order valence-corrected chi connectivity index (χ0v) is 19.2. The van der Waals surface area contributed by atoms with Gasteiger partial charge in [-0.2, -0.15) is 0 Å². The van der Waals surface area contributed by atoms with E-state index < -0.39 is 0 Å². The van der Waals surface area contributed by atoms with Gasteiger partial charge in [-0.05, 0) is 112 Å². The Hall–Kier alpha value is -1.31. The Labute approximate surface area is 173 Å². The summed E-state index contributed by atoms with van der Waals surface area (Å²) in [6.07, 6.45) is 13.1. The molecule has 1 aromatic rings. The molecule has 2 heteroatoms. The Kier molecular flexibility index (Phi) is 8.16. The Morgan fingerprint density at radius 3 is 1.96 bits per heavy atom. The normalized spacial score (nSPS) is 15.5. The van der Waals surface area contributed by atoms with E-state index in [1.807, 2.05) is 0 Å². The maximum absolute atomic E-state index is 10.6. The first-order valence-electron chi connectivity index (χ1n) is 11.4. The van der Waals surface area contributed by atoms with Gasteiger partial charge in [-0.15, -0.1) is 0 Å². The largest absolute Gasteiger partial charge is 0.461 e. The van der Waals surface area contributed by atoms with E-state index in [1.54, 1.807) is 5.56 Å². The van der Waals surface area contributed by atoms with Crippen molar-refractivity contribution in [3.8, 4) is 0 Å². The highest BCUT2D eigenvalue weighted by atomic mass is 16.5. The number of aryl methyl sites for hydroxylation is 2. The molecule has 28 heavy (non-hydrogen) atoms. The summed E-state index contributed by atoms with van der Waals surface area (Å²) in [6, 6.07) is 2.48.